The van der Waals surface area contributed by atoms with Crippen LogP contribution in [0.15, 0.2) is 9.85 Å². The first-order chi connectivity index (χ1) is 8.72. The third kappa shape index (κ3) is 5.47. The molecule has 2 rings (SSSR count). The lowest BCUT2D eigenvalue weighted by Gasteiger charge is -2.34. The topological polar surface area (TPSA) is 15.3 Å². The lowest BCUT2D eigenvalue weighted by Crippen LogP contribution is -2.45. The molecule has 2 heterocycles. The molecule has 2 nitrogen and oxygen atoms in total. The van der Waals surface area contributed by atoms with Crippen molar-refractivity contribution < 1.29 is 0 Å². The molecule has 1 aromatic rings. The summed E-state index contributed by atoms with van der Waals surface area (Å²) in [6.45, 7) is 9.11. The fourth-order valence-corrected chi connectivity index (χ4v) is 4.28. The maximum Gasteiger partial charge on any atom is 0.0731 e. The highest BCUT2D eigenvalue weighted by atomic mass is 79.9. The molecule has 0 saturated carbocycles. The highest BCUT2D eigenvalue weighted by Gasteiger charge is 2.23. The summed E-state index contributed by atoms with van der Waals surface area (Å²) in [6.07, 6.45) is 3.90. The number of unbranched alkanes of at least 4 members (excludes halogenated alkanes) is 1. The van der Waals surface area contributed by atoms with Gasteiger partial charge in [0, 0.05) is 37.1 Å². The molecule has 118 valence electrons. The maximum absolute atomic E-state index is 3.66. The van der Waals surface area contributed by atoms with E-state index < -0.39 is 0 Å². The Morgan fingerprint density at radius 2 is 2.00 bits per heavy atom. The Morgan fingerprint density at radius 1 is 1.35 bits per heavy atom. The van der Waals surface area contributed by atoms with Crippen molar-refractivity contribution in [3.05, 3.63) is 20.3 Å². The number of thiophene rings is 1. The van der Waals surface area contributed by atoms with E-state index in [0.717, 1.165) is 13.1 Å². The Hall–Kier alpha value is 0.680. The Morgan fingerprint density at radius 3 is 2.50 bits per heavy atom. The number of halogens is 3. The third-order valence-corrected chi connectivity index (χ3v) is 5.87. The second-order valence-electron chi connectivity index (χ2n) is 5.05. The molecule has 0 amide bonds. The van der Waals surface area contributed by atoms with Crippen molar-refractivity contribution in [3.63, 3.8) is 0 Å². The fraction of sp³-hybridized carbons (Fsp3) is 0.714. The van der Waals surface area contributed by atoms with Crippen LogP contribution in [0.2, 0.25) is 0 Å². The van der Waals surface area contributed by atoms with Gasteiger partial charge in [-0.15, -0.1) is 36.2 Å². The molecule has 0 aromatic carbocycles. The summed E-state index contributed by atoms with van der Waals surface area (Å²) >= 11 is 5.59. The molecule has 0 unspecified atom stereocenters. The van der Waals surface area contributed by atoms with Gasteiger partial charge >= 0.3 is 0 Å². The SMILES string of the molecule is CCCC[C@H](c1cc(C)c(Br)s1)N1CCNCC1.Cl.Cl. The van der Waals surface area contributed by atoms with Crippen LogP contribution in [0.1, 0.15) is 42.7 Å². The molecule has 20 heavy (non-hydrogen) atoms. The van der Waals surface area contributed by atoms with Crippen LogP contribution in [0.3, 0.4) is 0 Å². The van der Waals surface area contributed by atoms with Gasteiger partial charge in [-0.3, -0.25) is 4.90 Å². The smallest absolute Gasteiger partial charge is 0.0731 e. The van der Waals surface area contributed by atoms with Crippen LogP contribution in [0.5, 0.6) is 0 Å². The van der Waals surface area contributed by atoms with E-state index >= 15 is 0 Å². The van der Waals surface area contributed by atoms with Gasteiger partial charge < -0.3 is 5.32 Å². The lowest BCUT2D eigenvalue weighted by atomic mass is 10.1. The van der Waals surface area contributed by atoms with Gasteiger partial charge in [-0.1, -0.05) is 19.8 Å². The minimum atomic E-state index is 0. The molecule has 0 spiro atoms. The quantitative estimate of drug-likeness (QED) is 0.759. The zero-order valence-electron chi connectivity index (χ0n) is 12.2. The molecule has 0 aliphatic carbocycles. The first-order valence-electron chi connectivity index (χ1n) is 6.93. The van der Waals surface area contributed by atoms with Gasteiger partial charge in [-0.2, -0.15) is 0 Å². The van der Waals surface area contributed by atoms with Gasteiger partial charge in [0.15, 0.2) is 0 Å². The standard InChI is InChI=1S/C14H23BrN2S.2ClH/c1-3-4-5-12(17-8-6-16-7-9-17)13-10-11(2)14(15)18-13;;/h10,12,16H,3-9H2,1-2H3;2*1H/t12-;;/m1../s1. The lowest BCUT2D eigenvalue weighted by molar-refractivity contribution is 0.165. The minimum Gasteiger partial charge on any atom is -0.314 e. The summed E-state index contributed by atoms with van der Waals surface area (Å²) in [5.74, 6) is 0. The molecular weight excluding hydrogens is 379 g/mol. The molecule has 1 aromatic heterocycles. The zero-order valence-corrected chi connectivity index (χ0v) is 16.2. The normalized spacial score (nSPS) is 17.1. The van der Waals surface area contributed by atoms with E-state index in [9.17, 15) is 0 Å². The van der Waals surface area contributed by atoms with Crippen molar-refractivity contribution in [3.8, 4) is 0 Å². The van der Waals surface area contributed by atoms with Crippen LogP contribution in [0, 0.1) is 6.92 Å². The average Bonchev–Trinajstić information content (AvgIpc) is 2.71. The number of aryl methyl sites for hydroxylation is 1. The summed E-state index contributed by atoms with van der Waals surface area (Å²) < 4.78 is 1.30. The summed E-state index contributed by atoms with van der Waals surface area (Å²) in [7, 11) is 0. The number of rotatable bonds is 5. The van der Waals surface area contributed by atoms with Crippen LogP contribution in [-0.4, -0.2) is 31.1 Å². The van der Waals surface area contributed by atoms with Crippen LogP contribution in [-0.2, 0) is 0 Å². The largest absolute Gasteiger partial charge is 0.314 e. The summed E-state index contributed by atoms with van der Waals surface area (Å²) in [5, 5.41) is 3.45. The van der Waals surface area contributed by atoms with Crippen LogP contribution < -0.4 is 5.32 Å². The Bertz CT molecular complexity index is 362. The van der Waals surface area contributed by atoms with Gasteiger partial charge in [-0.25, -0.2) is 0 Å². The zero-order chi connectivity index (χ0) is 13.0. The predicted octanol–water partition coefficient (Wildman–Crippen LogP) is 4.80. The number of hydrogen-bond acceptors (Lipinski definition) is 3. The number of piperazine rings is 1. The molecule has 0 radical (unpaired) electrons. The van der Waals surface area contributed by atoms with E-state index in [1.54, 1.807) is 0 Å². The van der Waals surface area contributed by atoms with Crippen molar-refractivity contribution >= 4 is 52.1 Å². The van der Waals surface area contributed by atoms with E-state index in [1.807, 2.05) is 11.3 Å². The molecule has 1 fully saturated rings. The second-order valence-corrected chi connectivity index (χ2v) is 7.45. The van der Waals surface area contributed by atoms with Crippen LogP contribution in [0.4, 0.5) is 0 Å². The molecule has 0 bridgehead atoms. The number of nitrogens with zero attached hydrogens (tertiary/aromatic N) is 1. The van der Waals surface area contributed by atoms with E-state index in [-0.39, 0.29) is 24.8 Å². The van der Waals surface area contributed by atoms with Crippen molar-refractivity contribution in [1.29, 1.82) is 0 Å². The minimum absolute atomic E-state index is 0. The van der Waals surface area contributed by atoms with Crippen LogP contribution >= 0.6 is 52.1 Å². The van der Waals surface area contributed by atoms with Crippen molar-refractivity contribution in [1.82, 2.24) is 10.2 Å². The first-order valence-corrected chi connectivity index (χ1v) is 8.54. The van der Waals surface area contributed by atoms with Crippen molar-refractivity contribution in [2.45, 2.75) is 39.2 Å². The van der Waals surface area contributed by atoms with Gasteiger partial charge in [0.05, 0.1) is 3.79 Å². The molecule has 1 saturated heterocycles. The highest BCUT2D eigenvalue weighted by Crippen LogP contribution is 2.36. The summed E-state index contributed by atoms with van der Waals surface area (Å²) in [4.78, 5) is 4.19. The molecule has 6 heteroatoms. The molecule has 1 N–H and O–H groups in total. The fourth-order valence-electron chi connectivity index (χ4n) is 2.54. The van der Waals surface area contributed by atoms with Gasteiger partial charge in [0.2, 0.25) is 0 Å². The van der Waals surface area contributed by atoms with E-state index in [2.05, 4.69) is 46.1 Å². The first kappa shape index (κ1) is 20.7. The molecule has 1 atom stereocenters. The maximum atomic E-state index is 3.66. The molecule has 1 aliphatic heterocycles. The average molecular weight is 404 g/mol. The van der Waals surface area contributed by atoms with E-state index in [1.165, 1.54) is 46.6 Å². The van der Waals surface area contributed by atoms with Crippen molar-refractivity contribution in [2.24, 2.45) is 0 Å². The summed E-state index contributed by atoms with van der Waals surface area (Å²) in [5.41, 5.74) is 1.38. The van der Waals surface area contributed by atoms with Crippen LogP contribution in [0.25, 0.3) is 0 Å². The van der Waals surface area contributed by atoms with Gasteiger partial charge in [0.25, 0.3) is 0 Å². The Labute approximate surface area is 147 Å². The van der Waals surface area contributed by atoms with Gasteiger partial charge in [-0.05, 0) is 40.9 Å². The Kier molecular flexibility index (Phi) is 10.8. The van der Waals surface area contributed by atoms with Crippen molar-refractivity contribution in [2.75, 3.05) is 26.2 Å². The third-order valence-electron chi connectivity index (χ3n) is 3.63. The summed E-state index contributed by atoms with van der Waals surface area (Å²) in [6, 6.07) is 3.00. The Balaban J connectivity index is 0.00000180. The monoisotopic (exact) mass is 402 g/mol. The second kappa shape index (κ2) is 10.4. The molecular formula is C14H25BrCl2N2S. The highest BCUT2D eigenvalue weighted by molar-refractivity contribution is 9.11. The predicted molar refractivity (Wildman–Crippen MR) is 98.0 cm³/mol. The number of hydrogen-bond donors (Lipinski definition) is 1. The molecule has 1 aliphatic rings. The van der Waals surface area contributed by atoms with E-state index in [0.29, 0.717) is 6.04 Å². The van der Waals surface area contributed by atoms with Gasteiger partial charge in [0.1, 0.15) is 0 Å². The number of nitrogens with one attached hydrogen (secondary N) is 1. The van der Waals surface area contributed by atoms with E-state index in [4.69, 9.17) is 0 Å².